The molecule has 10 heteroatoms. The molecule has 1 aromatic heterocycles. The van der Waals surface area contributed by atoms with Crippen LogP contribution < -0.4 is 10.2 Å². The Morgan fingerprint density at radius 3 is 2.52 bits per heavy atom. The average Bonchev–Trinajstić information content (AvgIpc) is 3.36. The zero-order valence-corrected chi connectivity index (χ0v) is 20.2. The molecule has 4 rings (SSSR count). The SMILES string of the molecule is Cc1ccc(S(=O)(=O)CC(=O)Nc2nnc([C@@H]3CC(=O)N(c4ccc(C)c(C)c4)C3)s2)cc1. The predicted molar refractivity (Wildman–Crippen MR) is 127 cm³/mol. The summed E-state index contributed by atoms with van der Waals surface area (Å²) in [5, 5.41) is 11.5. The van der Waals surface area contributed by atoms with Gasteiger partial charge in [0.25, 0.3) is 0 Å². The van der Waals surface area contributed by atoms with Crippen LogP contribution in [0.2, 0.25) is 0 Å². The number of aryl methyl sites for hydroxylation is 3. The van der Waals surface area contributed by atoms with Gasteiger partial charge >= 0.3 is 0 Å². The molecular weight excluding hydrogens is 460 g/mol. The number of nitrogens with zero attached hydrogens (tertiary/aromatic N) is 3. The summed E-state index contributed by atoms with van der Waals surface area (Å²) >= 11 is 1.16. The first kappa shape index (κ1) is 23.1. The van der Waals surface area contributed by atoms with Crippen molar-refractivity contribution in [3.8, 4) is 0 Å². The van der Waals surface area contributed by atoms with Crippen LogP contribution in [0.4, 0.5) is 10.8 Å². The molecule has 1 atom stereocenters. The van der Waals surface area contributed by atoms with Gasteiger partial charge in [0.2, 0.25) is 16.9 Å². The Kier molecular flexibility index (Phi) is 6.31. The minimum atomic E-state index is -3.76. The molecule has 0 unspecified atom stereocenters. The van der Waals surface area contributed by atoms with Crippen LogP contribution >= 0.6 is 11.3 Å². The quantitative estimate of drug-likeness (QED) is 0.574. The van der Waals surface area contributed by atoms with E-state index in [1.807, 2.05) is 39.0 Å². The van der Waals surface area contributed by atoms with Gasteiger partial charge in [-0.2, -0.15) is 0 Å². The molecule has 172 valence electrons. The van der Waals surface area contributed by atoms with E-state index >= 15 is 0 Å². The van der Waals surface area contributed by atoms with Crippen LogP contribution in [0.25, 0.3) is 0 Å². The first-order valence-electron chi connectivity index (χ1n) is 10.4. The summed E-state index contributed by atoms with van der Waals surface area (Å²) in [5.41, 5.74) is 4.06. The summed E-state index contributed by atoms with van der Waals surface area (Å²) in [7, 11) is -3.76. The molecule has 0 aliphatic carbocycles. The lowest BCUT2D eigenvalue weighted by atomic mass is 10.1. The van der Waals surface area contributed by atoms with Gasteiger partial charge in [-0.25, -0.2) is 8.42 Å². The van der Waals surface area contributed by atoms with E-state index in [2.05, 4.69) is 15.5 Å². The second-order valence-electron chi connectivity index (χ2n) is 8.24. The van der Waals surface area contributed by atoms with Crippen molar-refractivity contribution in [1.82, 2.24) is 10.2 Å². The molecule has 2 amide bonds. The van der Waals surface area contributed by atoms with Crippen LogP contribution in [0.5, 0.6) is 0 Å². The number of carbonyl (C=O) groups excluding carboxylic acids is 2. The van der Waals surface area contributed by atoms with E-state index in [1.54, 1.807) is 17.0 Å². The molecule has 1 saturated heterocycles. The number of rotatable bonds is 6. The Hall–Kier alpha value is -3.11. The van der Waals surface area contributed by atoms with Crippen LogP contribution in [0.15, 0.2) is 47.4 Å². The number of aromatic nitrogens is 2. The van der Waals surface area contributed by atoms with E-state index in [0.29, 0.717) is 18.0 Å². The molecule has 1 N–H and O–H groups in total. The zero-order valence-electron chi connectivity index (χ0n) is 18.5. The summed E-state index contributed by atoms with van der Waals surface area (Å²) in [5.74, 6) is -1.50. The highest BCUT2D eigenvalue weighted by atomic mass is 32.2. The molecule has 1 aliphatic rings. The van der Waals surface area contributed by atoms with Crippen molar-refractivity contribution in [3.63, 3.8) is 0 Å². The summed E-state index contributed by atoms with van der Waals surface area (Å²) in [6.45, 7) is 6.37. The van der Waals surface area contributed by atoms with E-state index < -0.39 is 21.5 Å². The van der Waals surface area contributed by atoms with Gasteiger partial charge in [0, 0.05) is 24.6 Å². The third-order valence-electron chi connectivity index (χ3n) is 5.66. The Balaban J connectivity index is 1.40. The van der Waals surface area contributed by atoms with Gasteiger partial charge in [0.05, 0.1) is 4.90 Å². The minimum absolute atomic E-state index is 0.00762. The monoisotopic (exact) mass is 484 g/mol. The lowest BCUT2D eigenvalue weighted by Crippen LogP contribution is -2.24. The fourth-order valence-corrected chi connectivity index (χ4v) is 5.61. The number of anilines is 2. The number of sulfone groups is 1. The van der Waals surface area contributed by atoms with E-state index in [4.69, 9.17) is 0 Å². The maximum Gasteiger partial charge on any atom is 0.241 e. The van der Waals surface area contributed by atoms with Crippen molar-refractivity contribution in [2.24, 2.45) is 0 Å². The third kappa shape index (κ3) is 5.12. The lowest BCUT2D eigenvalue weighted by molar-refractivity contribution is -0.117. The standard InChI is InChI=1S/C23H24N4O4S2/c1-14-4-8-19(9-5-14)33(30,31)13-20(28)24-23-26-25-22(32-23)17-11-21(29)27(12-17)18-7-6-15(2)16(3)10-18/h4-10,17H,11-13H2,1-3H3,(H,24,26,28)/t17-/m1/s1. The van der Waals surface area contributed by atoms with Gasteiger partial charge in [-0.3, -0.25) is 14.9 Å². The second-order valence-corrected chi connectivity index (χ2v) is 11.2. The summed E-state index contributed by atoms with van der Waals surface area (Å²) in [4.78, 5) is 26.8. The number of hydrogen-bond acceptors (Lipinski definition) is 7. The maximum absolute atomic E-state index is 12.6. The molecule has 3 aromatic rings. The van der Waals surface area contributed by atoms with Crippen LogP contribution in [-0.4, -0.2) is 42.7 Å². The Bertz CT molecular complexity index is 1320. The normalized spacial score (nSPS) is 16.3. The van der Waals surface area contributed by atoms with Crippen LogP contribution in [0.3, 0.4) is 0 Å². The minimum Gasteiger partial charge on any atom is -0.312 e. The molecule has 0 saturated carbocycles. The molecule has 8 nitrogen and oxygen atoms in total. The van der Waals surface area contributed by atoms with Crippen LogP contribution in [0, 0.1) is 20.8 Å². The Morgan fingerprint density at radius 1 is 1.09 bits per heavy atom. The van der Waals surface area contributed by atoms with Gasteiger partial charge in [-0.1, -0.05) is 35.1 Å². The smallest absolute Gasteiger partial charge is 0.241 e. The lowest BCUT2D eigenvalue weighted by Gasteiger charge is -2.17. The van der Waals surface area contributed by atoms with Gasteiger partial charge in [-0.05, 0) is 56.2 Å². The summed E-state index contributed by atoms with van der Waals surface area (Å²) in [6.07, 6.45) is 0.303. The van der Waals surface area contributed by atoms with Crippen LogP contribution in [0.1, 0.15) is 34.0 Å². The highest BCUT2D eigenvalue weighted by molar-refractivity contribution is 7.92. The largest absolute Gasteiger partial charge is 0.312 e. The van der Waals surface area contributed by atoms with Crippen molar-refractivity contribution in [2.75, 3.05) is 22.5 Å². The average molecular weight is 485 g/mol. The Morgan fingerprint density at radius 2 is 1.82 bits per heavy atom. The maximum atomic E-state index is 12.6. The number of hydrogen-bond donors (Lipinski definition) is 1. The third-order valence-corrected chi connectivity index (χ3v) is 8.30. The second kappa shape index (κ2) is 9.03. The molecule has 1 fully saturated rings. The molecule has 0 bridgehead atoms. The van der Waals surface area contributed by atoms with E-state index in [-0.39, 0.29) is 21.9 Å². The Labute approximate surface area is 196 Å². The number of amides is 2. The first-order valence-corrected chi connectivity index (χ1v) is 12.9. The van der Waals surface area contributed by atoms with Crippen LogP contribution in [-0.2, 0) is 19.4 Å². The van der Waals surface area contributed by atoms with Crippen molar-refractivity contribution < 1.29 is 18.0 Å². The van der Waals surface area contributed by atoms with Gasteiger partial charge in [0.1, 0.15) is 10.8 Å². The highest BCUT2D eigenvalue weighted by Crippen LogP contribution is 2.34. The van der Waals surface area contributed by atoms with Gasteiger partial charge in [0.15, 0.2) is 9.84 Å². The van der Waals surface area contributed by atoms with Crippen molar-refractivity contribution in [2.45, 2.75) is 38.0 Å². The summed E-state index contributed by atoms with van der Waals surface area (Å²) in [6, 6.07) is 12.3. The molecular formula is C23H24N4O4S2. The van der Waals surface area contributed by atoms with E-state index in [1.165, 1.54) is 12.1 Å². The number of nitrogens with one attached hydrogen (secondary N) is 1. The van der Waals surface area contributed by atoms with Crippen molar-refractivity contribution in [3.05, 3.63) is 64.2 Å². The molecule has 0 radical (unpaired) electrons. The van der Waals surface area contributed by atoms with E-state index in [9.17, 15) is 18.0 Å². The number of carbonyl (C=O) groups is 2. The number of benzene rings is 2. The fraction of sp³-hybridized carbons (Fsp3) is 0.304. The molecule has 1 aliphatic heterocycles. The van der Waals surface area contributed by atoms with Crippen molar-refractivity contribution in [1.29, 1.82) is 0 Å². The molecule has 0 spiro atoms. The van der Waals surface area contributed by atoms with Crippen molar-refractivity contribution >= 4 is 43.8 Å². The molecule has 2 aromatic carbocycles. The highest BCUT2D eigenvalue weighted by Gasteiger charge is 2.34. The molecule has 2 heterocycles. The predicted octanol–water partition coefficient (Wildman–Crippen LogP) is 3.40. The van der Waals surface area contributed by atoms with Gasteiger partial charge in [-0.15, -0.1) is 10.2 Å². The fourth-order valence-electron chi connectivity index (χ4n) is 3.62. The zero-order chi connectivity index (χ0) is 23.8. The van der Waals surface area contributed by atoms with Gasteiger partial charge < -0.3 is 4.90 Å². The first-order chi connectivity index (χ1) is 15.6. The molecule has 33 heavy (non-hydrogen) atoms. The topological polar surface area (TPSA) is 109 Å². The van der Waals surface area contributed by atoms with E-state index in [0.717, 1.165) is 33.7 Å². The summed E-state index contributed by atoms with van der Waals surface area (Å²) < 4.78 is 24.9.